The summed E-state index contributed by atoms with van der Waals surface area (Å²) in [6.07, 6.45) is 0. The van der Waals surface area contributed by atoms with Gasteiger partial charge in [-0.3, -0.25) is 0 Å². The minimum Gasteiger partial charge on any atom is -0.481 e. The molecular weight excluding hydrogens is 318 g/mol. The van der Waals surface area contributed by atoms with Gasteiger partial charge in [0.2, 0.25) is 0 Å². The maximum absolute atomic E-state index is 11.2. The Morgan fingerprint density at radius 3 is 2.32 bits per heavy atom. The number of ether oxygens (including phenoxy) is 2. The summed E-state index contributed by atoms with van der Waals surface area (Å²) >= 11 is 0. The molecule has 0 atom stereocenters. The van der Waals surface area contributed by atoms with Crippen molar-refractivity contribution >= 4 is 5.97 Å². The van der Waals surface area contributed by atoms with Gasteiger partial charge in [0.25, 0.3) is 0 Å². The average molecular weight is 343 g/mol. The molecule has 134 valence electrons. The van der Waals surface area contributed by atoms with Gasteiger partial charge in [-0.05, 0) is 41.7 Å². The van der Waals surface area contributed by atoms with Crippen LogP contribution in [0.2, 0.25) is 0 Å². The van der Waals surface area contributed by atoms with E-state index in [0.29, 0.717) is 0 Å². The van der Waals surface area contributed by atoms with Gasteiger partial charge in [-0.2, -0.15) is 0 Å². The van der Waals surface area contributed by atoms with E-state index in [2.05, 4.69) is 22.2 Å². The molecule has 0 aliphatic heterocycles. The maximum Gasteiger partial charge on any atom is 0.343 e. The van der Waals surface area contributed by atoms with Crippen molar-refractivity contribution in [3.8, 4) is 5.75 Å². The Hall–Kier alpha value is -2.37. The van der Waals surface area contributed by atoms with Gasteiger partial charge in [-0.15, -0.1) is 0 Å². The van der Waals surface area contributed by atoms with E-state index in [1.165, 1.54) is 7.11 Å². The molecule has 0 aliphatic rings. The monoisotopic (exact) mass is 343 g/mol. The molecule has 0 bridgehead atoms. The van der Waals surface area contributed by atoms with E-state index in [1.54, 1.807) is 0 Å². The predicted octanol–water partition coefficient (Wildman–Crippen LogP) is 2.64. The zero-order chi connectivity index (χ0) is 18.2. The van der Waals surface area contributed by atoms with Crippen LogP contribution in [-0.2, 0) is 29.2 Å². The molecule has 0 saturated heterocycles. The number of carbonyl (C=O) groups is 1. The molecule has 25 heavy (non-hydrogen) atoms. The van der Waals surface area contributed by atoms with Gasteiger partial charge in [-0.25, -0.2) is 4.79 Å². The fourth-order valence-electron chi connectivity index (χ4n) is 2.75. The molecular formula is C20H25NO4. The van der Waals surface area contributed by atoms with Crippen LogP contribution < -0.4 is 10.1 Å². The van der Waals surface area contributed by atoms with Crippen LogP contribution in [0.3, 0.4) is 0 Å². The zero-order valence-electron chi connectivity index (χ0n) is 15.0. The van der Waals surface area contributed by atoms with Crippen molar-refractivity contribution < 1.29 is 19.4 Å². The third-order valence-corrected chi connectivity index (χ3v) is 3.91. The number of rotatable bonds is 8. The first-order chi connectivity index (χ1) is 12.0. The van der Waals surface area contributed by atoms with Gasteiger partial charge < -0.3 is 19.9 Å². The molecule has 0 saturated carbocycles. The summed E-state index contributed by atoms with van der Waals surface area (Å²) in [5.41, 5.74) is 5.18. The van der Waals surface area contributed by atoms with Gasteiger partial charge in [0.1, 0.15) is 5.75 Å². The van der Waals surface area contributed by atoms with Crippen molar-refractivity contribution in [2.75, 3.05) is 13.7 Å². The van der Waals surface area contributed by atoms with Crippen molar-refractivity contribution in [2.24, 2.45) is 0 Å². The second-order valence-electron chi connectivity index (χ2n) is 6.01. The predicted molar refractivity (Wildman–Crippen MR) is 96.3 cm³/mol. The summed E-state index contributed by atoms with van der Waals surface area (Å²) in [6.45, 7) is 5.35. The maximum atomic E-state index is 11.2. The van der Waals surface area contributed by atoms with Crippen molar-refractivity contribution in [3.63, 3.8) is 0 Å². The molecule has 0 radical (unpaired) electrons. The topological polar surface area (TPSA) is 67.8 Å². The lowest BCUT2D eigenvalue weighted by molar-refractivity contribution is -0.142. The lowest BCUT2D eigenvalue weighted by Crippen LogP contribution is -2.15. The highest BCUT2D eigenvalue weighted by molar-refractivity contribution is 5.71. The van der Waals surface area contributed by atoms with Crippen LogP contribution in [0.1, 0.15) is 27.8 Å². The fraction of sp³-hybridized carbons (Fsp3) is 0.350. The number of hydrogen-bond acceptors (Lipinski definition) is 5. The molecule has 0 spiro atoms. The minimum absolute atomic E-state index is 0.0548. The minimum atomic E-state index is -0.394. The normalized spacial score (nSPS) is 10.6. The summed E-state index contributed by atoms with van der Waals surface area (Å²) in [5.74, 6) is 0.333. The quantitative estimate of drug-likeness (QED) is 0.721. The Labute approximate surface area is 148 Å². The molecule has 0 heterocycles. The van der Waals surface area contributed by atoms with Crippen molar-refractivity contribution in [3.05, 3.63) is 64.2 Å². The highest BCUT2D eigenvalue weighted by atomic mass is 16.6. The first-order valence-electron chi connectivity index (χ1n) is 8.22. The van der Waals surface area contributed by atoms with E-state index in [9.17, 15) is 9.90 Å². The van der Waals surface area contributed by atoms with Crippen LogP contribution in [-0.4, -0.2) is 24.8 Å². The van der Waals surface area contributed by atoms with E-state index < -0.39 is 5.97 Å². The van der Waals surface area contributed by atoms with E-state index >= 15 is 0 Å². The standard InChI is InChI=1S/C20H25NO4/c1-14-7-18(8-15(2)20(14)25-13-19(23)24-3)11-21-10-16-5-4-6-17(9-16)12-22/h4-9,21-22H,10-13H2,1-3H3. The first kappa shape index (κ1) is 19.0. The molecule has 0 fully saturated rings. The van der Waals surface area contributed by atoms with Crippen LogP contribution in [0.5, 0.6) is 5.75 Å². The number of aliphatic hydroxyl groups excluding tert-OH is 1. The van der Waals surface area contributed by atoms with Gasteiger partial charge in [-0.1, -0.05) is 36.4 Å². The second-order valence-corrected chi connectivity index (χ2v) is 6.01. The number of methoxy groups -OCH3 is 1. The highest BCUT2D eigenvalue weighted by Crippen LogP contribution is 2.25. The SMILES string of the molecule is COC(=O)COc1c(C)cc(CNCc2cccc(CO)c2)cc1C. The lowest BCUT2D eigenvalue weighted by atomic mass is 10.1. The Kier molecular flexibility index (Phi) is 6.98. The van der Waals surface area contributed by atoms with Crippen LogP contribution in [0.4, 0.5) is 0 Å². The summed E-state index contributed by atoms with van der Waals surface area (Å²) in [4.78, 5) is 11.2. The number of nitrogens with one attached hydrogen (secondary N) is 1. The third-order valence-electron chi connectivity index (χ3n) is 3.91. The second kappa shape index (κ2) is 9.20. The molecule has 5 heteroatoms. The summed E-state index contributed by atoms with van der Waals surface area (Å²) in [5, 5.41) is 12.6. The largest absolute Gasteiger partial charge is 0.481 e. The number of benzene rings is 2. The molecule has 5 nitrogen and oxygen atoms in total. The Morgan fingerprint density at radius 2 is 1.68 bits per heavy atom. The van der Waals surface area contributed by atoms with Crippen LogP contribution >= 0.6 is 0 Å². The van der Waals surface area contributed by atoms with Crippen LogP contribution in [0, 0.1) is 13.8 Å². The third kappa shape index (κ3) is 5.59. The van der Waals surface area contributed by atoms with E-state index in [1.807, 2.05) is 38.1 Å². The molecule has 0 aromatic heterocycles. The lowest BCUT2D eigenvalue weighted by Gasteiger charge is -2.14. The molecule has 0 aliphatic carbocycles. The molecule has 2 aromatic rings. The Balaban J connectivity index is 1.95. The van der Waals surface area contributed by atoms with Crippen molar-refractivity contribution in [2.45, 2.75) is 33.5 Å². The Bertz CT molecular complexity index is 704. The zero-order valence-corrected chi connectivity index (χ0v) is 15.0. The molecule has 0 unspecified atom stereocenters. The van der Waals surface area contributed by atoms with E-state index in [4.69, 9.17) is 4.74 Å². The molecule has 2 N–H and O–H groups in total. The summed E-state index contributed by atoms with van der Waals surface area (Å²) in [6, 6.07) is 12.0. The van der Waals surface area contributed by atoms with Gasteiger partial charge in [0.05, 0.1) is 13.7 Å². The number of hydrogen-bond donors (Lipinski definition) is 2. The van der Waals surface area contributed by atoms with Gasteiger partial charge in [0.15, 0.2) is 6.61 Å². The van der Waals surface area contributed by atoms with E-state index in [-0.39, 0.29) is 13.2 Å². The molecule has 2 rings (SSSR count). The first-order valence-corrected chi connectivity index (χ1v) is 8.22. The van der Waals surface area contributed by atoms with Crippen molar-refractivity contribution in [1.82, 2.24) is 5.32 Å². The fourth-order valence-corrected chi connectivity index (χ4v) is 2.75. The average Bonchev–Trinajstić information content (AvgIpc) is 2.61. The van der Waals surface area contributed by atoms with Gasteiger partial charge in [0, 0.05) is 13.1 Å². The smallest absolute Gasteiger partial charge is 0.343 e. The number of aryl methyl sites for hydroxylation is 2. The van der Waals surface area contributed by atoms with E-state index in [0.717, 1.165) is 46.7 Å². The summed E-state index contributed by atoms with van der Waals surface area (Å²) in [7, 11) is 1.34. The van der Waals surface area contributed by atoms with Crippen molar-refractivity contribution in [1.29, 1.82) is 0 Å². The van der Waals surface area contributed by atoms with Crippen LogP contribution in [0.25, 0.3) is 0 Å². The highest BCUT2D eigenvalue weighted by Gasteiger charge is 2.09. The molecule has 0 amide bonds. The summed E-state index contributed by atoms with van der Waals surface area (Å²) < 4.78 is 10.2. The number of carbonyl (C=O) groups excluding carboxylic acids is 1. The van der Waals surface area contributed by atoms with Gasteiger partial charge >= 0.3 is 5.97 Å². The van der Waals surface area contributed by atoms with Crippen LogP contribution in [0.15, 0.2) is 36.4 Å². The molecule has 2 aromatic carbocycles. The Morgan fingerprint density at radius 1 is 1.04 bits per heavy atom. The number of esters is 1. The number of aliphatic hydroxyl groups is 1.